The lowest BCUT2D eigenvalue weighted by atomic mass is 9.12. The molecule has 0 aliphatic heterocycles. The predicted octanol–water partition coefficient (Wildman–Crippen LogP) is 7.08. The van der Waals surface area contributed by atoms with Crippen LogP contribution >= 0.6 is 0 Å². The van der Waals surface area contributed by atoms with Crippen molar-refractivity contribution in [2.75, 3.05) is 13.1 Å². The van der Waals surface area contributed by atoms with Crippen LogP contribution in [-0.2, 0) is 6.54 Å². The summed E-state index contributed by atoms with van der Waals surface area (Å²) in [6.45, 7) is 10.7. The molecule has 1 N–H and O–H groups in total. The molecule has 5 aromatic carbocycles. The molecule has 0 amide bonds. The normalized spacial score (nSPS) is 11.6. The fraction of sp³-hybridized carbons (Fsp3) is 0.231. The lowest BCUT2D eigenvalue weighted by Crippen LogP contribution is -3.10. The molecule has 0 bridgehead atoms. The van der Waals surface area contributed by atoms with Crippen molar-refractivity contribution in [2.45, 2.75) is 48.1 Å². The van der Waals surface area contributed by atoms with Crippen LogP contribution < -0.4 is 26.8 Å². The molecule has 0 aliphatic carbocycles. The van der Waals surface area contributed by atoms with E-state index in [9.17, 15) is 17.6 Å². The van der Waals surface area contributed by atoms with Gasteiger partial charge in [0.2, 0.25) is 0 Å². The Kier molecular flexibility index (Phi) is 12.5. The third kappa shape index (κ3) is 7.30. The molecule has 0 radical (unpaired) electrons. The van der Waals surface area contributed by atoms with E-state index in [2.05, 4.69) is 44.2 Å². The fourth-order valence-corrected chi connectivity index (χ4v) is 6.67. The topological polar surface area (TPSA) is 4.44 Å². The SMILES string of the molecule is CC[NH+](CC)Cc1ccccc1.Cc1c(F)cc(F)c([B-](c2c(F)cc(F)c(C)c2F)(c2c(F)cc(F)c(C)c2F)c2c(F)cc(F)c(C)c2F)c1F. The van der Waals surface area contributed by atoms with Gasteiger partial charge in [-0.1, -0.05) is 30.3 Å². The lowest BCUT2D eigenvalue weighted by molar-refractivity contribution is -0.910. The van der Waals surface area contributed by atoms with Crippen LogP contribution in [0, 0.1) is 97.5 Å². The first-order valence-electron chi connectivity index (χ1n) is 16.5. The van der Waals surface area contributed by atoms with E-state index in [1.54, 1.807) is 4.90 Å². The summed E-state index contributed by atoms with van der Waals surface area (Å²) < 4.78 is 184. The summed E-state index contributed by atoms with van der Waals surface area (Å²) in [6.07, 6.45) is -5.22. The maximum atomic E-state index is 16.0. The van der Waals surface area contributed by atoms with Crippen molar-refractivity contribution in [1.29, 1.82) is 0 Å². The van der Waals surface area contributed by atoms with Gasteiger partial charge in [0, 0.05) is 52.1 Å². The molecule has 53 heavy (non-hydrogen) atoms. The highest BCUT2D eigenvalue weighted by Gasteiger charge is 2.48. The molecule has 0 fully saturated rings. The van der Waals surface area contributed by atoms with E-state index >= 15 is 35.1 Å². The Labute approximate surface area is 298 Å². The van der Waals surface area contributed by atoms with Crippen LogP contribution in [0.2, 0.25) is 0 Å². The molecule has 282 valence electrons. The van der Waals surface area contributed by atoms with Gasteiger partial charge in [-0.3, -0.25) is 0 Å². The molecule has 0 atom stereocenters. The minimum atomic E-state index is -5.22. The van der Waals surface area contributed by atoms with Crippen molar-refractivity contribution in [1.82, 2.24) is 0 Å². The van der Waals surface area contributed by atoms with E-state index in [1.807, 2.05) is 0 Å². The monoisotopic (exact) mass is 755 g/mol. The summed E-state index contributed by atoms with van der Waals surface area (Å²) in [4.78, 5) is 1.64. The molecule has 0 saturated heterocycles. The largest absolute Gasteiger partial charge is 0.332 e. The summed E-state index contributed by atoms with van der Waals surface area (Å²) in [7, 11) is 0. The van der Waals surface area contributed by atoms with Gasteiger partial charge in [-0.15, -0.1) is 21.9 Å². The molecule has 0 saturated carbocycles. The number of halogens is 12. The Balaban J connectivity index is 0.000000443. The zero-order valence-electron chi connectivity index (χ0n) is 29.4. The number of nitrogens with one attached hydrogen (secondary N) is 1. The highest BCUT2D eigenvalue weighted by Crippen LogP contribution is 2.28. The van der Waals surface area contributed by atoms with Crippen LogP contribution in [0.3, 0.4) is 0 Å². The summed E-state index contributed by atoms with van der Waals surface area (Å²) in [6, 6.07) is 10.4. The number of quaternary nitrogens is 1. The van der Waals surface area contributed by atoms with Gasteiger partial charge in [-0.2, -0.15) is 0 Å². The molecular formula is C39H34BF12N. The lowest BCUT2D eigenvalue weighted by Gasteiger charge is -2.45. The number of hydrogen-bond donors (Lipinski definition) is 1. The van der Waals surface area contributed by atoms with Gasteiger partial charge in [-0.25, -0.2) is 52.7 Å². The van der Waals surface area contributed by atoms with Crippen molar-refractivity contribution in [3.8, 4) is 0 Å². The molecule has 1 nitrogen and oxygen atoms in total. The first-order chi connectivity index (χ1) is 24.9. The van der Waals surface area contributed by atoms with Crippen molar-refractivity contribution >= 4 is 28.0 Å². The third-order valence-electron chi connectivity index (χ3n) is 9.77. The van der Waals surface area contributed by atoms with E-state index in [1.165, 1.54) is 18.7 Å². The summed E-state index contributed by atoms with van der Waals surface area (Å²) in [5, 5.41) is 0. The molecular weight excluding hydrogens is 721 g/mol. The van der Waals surface area contributed by atoms with E-state index in [4.69, 9.17) is 0 Å². The van der Waals surface area contributed by atoms with Crippen LogP contribution in [0.25, 0.3) is 0 Å². The number of hydrogen-bond acceptors (Lipinski definition) is 0. The van der Waals surface area contributed by atoms with Gasteiger partial charge < -0.3 is 4.90 Å². The summed E-state index contributed by atoms with van der Waals surface area (Å²) in [5.41, 5.74) is -10.5. The molecule has 0 heterocycles. The second-order valence-electron chi connectivity index (χ2n) is 12.8. The molecule has 14 heteroatoms. The van der Waals surface area contributed by atoms with Crippen LogP contribution in [0.4, 0.5) is 52.7 Å². The van der Waals surface area contributed by atoms with Crippen LogP contribution in [0.1, 0.15) is 41.7 Å². The second kappa shape index (κ2) is 16.1. The standard InChI is InChI=1S/C28H16BF12.C11H17N/c1-9-13(30)5-17(34)21(25(9)38)29(22-18(35)6-14(31)10(2)26(22)39,23-19(36)7-15(32)11(3)27(23)40)24-20(37)8-16(33)12(4)28(24)41;1-3-12(4-2)10-11-8-6-5-7-9-11/h5-8H,1-4H3;5-9H,3-4,10H2,1-2H3/q-1;/p+1. The Morgan fingerprint density at radius 2 is 0.679 bits per heavy atom. The maximum absolute atomic E-state index is 16.0. The maximum Gasteiger partial charge on any atom is 0.136 e. The molecule has 5 rings (SSSR count). The minimum absolute atomic E-state index is 0.0746. The smallest absolute Gasteiger partial charge is 0.136 e. The van der Waals surface area contributed by atoms with Crippen LogP contribution in [-0.4, -0.2) is 19.2 Å². The number of rotatable bonds is 8. The van der Waals surface area contributed by atoms with E-state index in [0.717, 1.165) is 6.54 Å². The highest BCUT2D eigenvalue weighted by atomic mass is 19.2. The van der Waals surface area contributed by atoms with Crippen molar-refractivity contribution in [3.63, 3.8) is 0 Å². The third-order valence-corrected chi connectivity index (χ3v) is 9.77. The van der Waals surface area contributed by atoms with Crippen molar-refractivity contribution in [2.24, 2.45) is 0 Å². The van der Waals surface area contributed by atoms with Crippen LogP contribution in [0.15, 0.2) is 54.6 Å². The predicted molar refractivity (Wildman–Crippen MR) is 181 cm³/mol. The first-order valence-corrected chi connectivity index (χ1v) is 16.5. The molecule has 0 aromatic heterocycles. The summed E-state index contributed by atoms with van der Waals surface area (Å²) in [5.74, 6) is -23.4. The molecule has 0 spiro atoms. The van der Waals surface area contributed by atoms with Gasteiger partial charge in [0.15, 0.2) is 0 Å². The van der Waals surface area contributed by atoms with Gasteiger partial charge in [0.05, 0.1) is 59.6 Å². The average molecular weight is 755 g/mol. The average Bonchev–Trinajstić information content (AvgIpc) is 3.10. The van der Waals surface area contributed by atoms with E-state index in [-0.39, 0.29) is 24.3 Å². The van der Waals surface area contributed by atoms with Crippen molar-refractivity contribution in [3.05, 3.63) is 152 Å². The Morgan fingerprint density at radius 1 is 0.415 bits per heavy atom. The quantitative estimate of drug-likeness (QED) is 0.128. The Hall–Kier alpha value is -4.72. The fourth-order valence-electron chi connectivity index (χ4n) is 6.67. The van der Waals surface area contributed by atoms with Crippen molar-refractivity contribution < 1.29 is 57.6 Å². The first kappa shape index (κ1) is 41.0. The van der Waals surface area contributed by atoms with E-state index < -0.39 is 120 Å². The minimum Gasteiger partial charge on any atom is -0.332 e. The van der Waals surface area contributed by atoms with Crippen LogP contribution in [0.5, 0.6) is 0 Å². The molecule has 0 unspecified atom stereocenters. The summed E-state index contributed by atoms with van der Waals surface area (Å²) >= 11 is 0. The number of benzene rings is 5. The zero-order valence-corrected chi connectivity index (χ0v) is 29.4. The van der Waals surface area contributed by atoms with Gasteiger partial charge in [0.25, 0.3) is 0 Å². The van der Waals surface area contributed by atoms with Gasteiger partial charge in [0.1, 0.15) is 36.0 Å². The van der Waals surface area contributed by atoms with Gasteiger partial charge in [-0.05, 0) is 41.5 Å². The molecule has 5 aromatic rings. The highest BCUT2D eigenvalue weighted by molar-refractivity contribution is 7.20. The Morgan fingerprint density at radius 3 is 0.925 bits per heavy atom. The van der Waals surface area contributed by atoms with Gasteiger partial charge >= 0.3 is 0 Å². The zero-order chi connectivity index (χ0) is 39.7. The second-order valence-corrected chi connectivity index (χ2v) is 12.8. The van der Waals surface area contributed by atoms with E-state index in [0.29, 0.717) is 27.7 Å². The molecule has 0 aliphatic rings. The Bertz CT molecular complexity index is 1910.